The first kappa shape index (κ1) is 16.7. The number of hydrogen-bond acceptors (Lipinski definition) is 2. The molecule has 2 heteroatoms. The molecule has 0 N–H and O–H groups in total. The molecule has 2 rings (SSSR count). The van der Waals surface area contributed by atoms with Crippen molar-refractivity contribution < 1.29 is 4.74 Å². The largest absolute Gasteiger partial charge is 0.493 e. The first-order valence-corrected chi connectivity index (χ1v) is 8.00. The Kier molecular flexibility index (Phi) is 6.28. The van der Waals surface area contributed by atoms with Crippen LogP contribution in [0.2, 0.25) is 0 Å². The summed E-state index contributed by atoms with van der Waals surface area (Å²) in [4.78, 5) is 0. The van der Waals surface area contributed by atoms with Gasteiger partial charge in [-0.3, -0.25) is 0 Å². The van der Waals surface area contributed by atoms with Crippen LogP contribution in [0.5, 0.6) is 5.75 Å². The molecule has 0 heterocycles. The summed E-state index contributed by atoms with van der Waals surface area (Å²) in [6.07, 6.45) is 2.29. The van der Waals surface area contributed by atoms with Crippen molar-refractivity contribution in [3.63, 3.8) is 0 Å². The van der Waals surface area contributed by atoms with Gasteiger partial charge in [0.15, 0.2) is 0 Å². The van der Waals surface area contributed by atoms with E-state index < -0.39 is 0 Å². The first-order chi connectivity index (χ1) is 11.2. The number of hydrogen-bond donors (Lipinski definition) is 0. The van der Waals surface area contributed by atoms with E-state index in [1.165, 1.54) is 0 Å². The number of nitriles is 1. The lowest BCUT2D eigenvalue weighted by molar-refractivity contribution is 0.240. The van der Waals surface area contributed by atoms with Gasteiger partial charge in [-0.25, -0.2) is 0 Å². The summed E-state index contributed by atoms with van der Waals surface area (Å²) in [7, 11) is 0. The molecule has 0 saturated heterocycles. The molecular formula is C21H21NO. The highest BCUT2D eigenvalue weighted by atomic mass is 16.5. The van der Waals surface area contributed by atoms with Crippen LogP contribution < -0.4 is 4.74 Å². The standard InChI is InChI=1S/C21H21NO/c1-3-17(4-2)16-23-21-13-11-19(12-14-21)6-5-18-7-9-20(15-22)10-8-18/h7-14,17H,3-4,16H2,1-2H3. The summed E-state index contributed by atoms with van der Waals surface area (Å²) in [6, 6.07) is 17.2. The average molecular weight is 303 g/mol. The summed E-state index contributed by atoms with van der Waals surface area (Å²) in [5, 5.41) is 8.77. The second-order valence-corrected chi connectivity index (χ2v) is 5.46. The van der Waals surface area contributed by atoms with Crippen molar-refractivity contribution in [1.82, 2.24) is 0 Å². The van der Waals surface area contributed by atoms with E-state index in [4.69, 9.17) is 10.00 Å². The lowest BCUT2D eigenvalue weighted by atomic mass is 10.1. The third-order valence-corrected chi connectivity index (χ3v) is 3.86. The zero-order valence-electron chi connectivity index (χ0n) is 13.7. The van der Waals surface area contributed by atoms with Crippen LogP contribution in [0.1, 0.15) is 43.4 Å². The second-order valence-electron chi connectivity index (χ2n) is 5.46. The van der Waals surface area contributed by atoms with E-state index in [1.807, 2.05) is 36.4 Å². The van der Waals surface area contributed by atoms with E-state index >= 15 is 0 Å². The maximum atomic E-state index is 8.77. The van der Waals surface area contributed by atoms with Crippen LogP contribution in [-0.4, -0.2) is 6.61 Å². The Balaban J connectivity index is 1.97. The van der Waals surface area contributed by atoms with Crippen LogP contribution in [0.15, 0.2) is 48.5 Å². The molecule has 0 radical (unpaired) electrons. The fourth-order valence-corrected chi connectivity index (χ4v) is 2.15. The fraction of sp³-hybridized carbons (Fsp3) is 0.286. The molecule has 0 aromatic heterocycles. The van der Waals surface area contributed by atoms with Gasteiger partial charge in [0.1, 0.15) is 5.75 Å². The van der Waals surface area contributed by atoms with E-state index in [0.29, 0.717) is 11.5 Å². The molecular weight excluding hydrogens is 282 g/mol. The topological polar surface area (TPSA) is 33.0 Å². The van der Waals surface area contributed by atoms with E-state index in [2.05, 4.69) is 31.8 Å². The van der Waals surface area contributed by atoms with Crippen LogP contribution in [0, 0.1) is 29.1 Å². The van der Waals surface area contributed by atoms with Crippen LogP contribution in [0.3, 0.4) is 0 Å². The van der Waals surface area contributed by atoms with E-state index in [0.717, 1.165) is 36.3 Å². The quantitative estimate of drug-likeness (QED) is 0.745. The fourth-order valence-electron chi connectivity index (χ4n) is 2.15. The zero-order chi connectivity index (χ0) is 16.5. The molecule has 0 saturated carbocycles. The lowest BCUT2D eigenvalue weighted by Crippen LogP contribution is -2.09. The minimum absolute atomic E-state index is 0.617. The monoisotopic (exact) mass is 303 g/mol. The summed E-state index contributed by atoms with van der Waals surface area (Å²) in [5.41, 5.74) is 2.50. The third-order valence-electron chi connectivity index (χ3n) is 3.86. The van der Waals surface area contributed by atoms with Gasteiger partial charge in [0, 0.05) is 11.1 Å². The molecule has 0 aliphatic heterocycles. The summed E-state index contributed by atoms with van der Waals surface area (Å²) < 4.78 is 5.81. The molecule has 0 atom stereocenters. The molecule has 2 aromatic rings. The van der Waals surface area contributed by atoms with Gasteiger partial charge in [0.2, 0.25) is 0 Å². The molecule has 23 heavy (non-hydrogen) atoms. The van der Waals surface area contributed by atoms with Gasteiger partial charge >= 0.3 is 0 Å². The number of benzene rings is 2. The molecule has 0 fully saturated rings. The number of nitrogens with zero attached hydrogens (tertiary/aromatic N) is 1. The Morgan fingerprint density at radius 1 is 0.826 bits per heavy atom. The van der Waals surface area contributed by atoms with Crippen LogP contribution in [0.4, 0.5) is 0 Å². The minimum atomic E-state index is 0.617. The SMILES string of the molecule is CCC(CC)COc1ccc(C#Cc2ccc(C#N)cc2)cc1. The average Bonchev–Trinajstić information content (AvgIpc) is 2.62. The van der Waals surface area contributed by atoms with Crippen LogP contribution in [-0.2, 0) is 0 Å². The summed E-state index contributed by atoms with van der Waals surface area (Å²) in [6.45, 7) is 5.15. The van der Waals surface area contributed by atoms with Crippen molar-refractivity contribution in [2.75, 3.05) is 6.61 Å². The Morgan fingerprint density at radius 3 is 1.78 bits per heavy atom. The highest BCUT2D eigenvalue weighted by Gasteiger charge is 2.04. The Hall–Kier alpha value is -2.71. The zero-order valence-corrected chi connectivity index (χ0v) is 13.7. The second kappa shape index (κ2) is 8.66. The molecule has 0 bridgehead atoms. The molecule has 2 aromatic carbocycles. The molecule has 0 spiro atoms. The Bertz CT molecular complexity index is 708. The van der Waals surface area contributed by atoms with Crippen molar-refractivity contribution in [3.8, 4) is 23.7 Å². The molecule has 0 unspecified atom stereocenters. The van der Waals surface area contributed by atoms with Gasteiger partial charge in [-0.05, 0) is 54.4 Å². The number of ether oxygens (including phenoxy) is 1. The van der Waals surface area contributed by atoms with E-state index in [9.17, 15) is 0 Å². The van der Waals surface area contributed by atoms with Crippen molar-refractivity contribution in [3.05, 3.63) is 65.2 Å². The predicted octanol–water partition coefficient (Wildman–Crippen LogP) is 4.77. The van der Waals surface area contributed by atoms with E-state index in [-0.39, 0.29) is 0 Å². The van der Waals surface area contributed by atoms with Gasteiger partial charge in [0.05, 0.1) is 18.2 Å². The van der Waals surface area contributed by atoms with Crippen LogP contribution >= 0.6 is 0 Å². The van der Waals surface area contributed by atoms with Crippen molar-refractivity contribution >= 4 is 0 Å². The number of rotatable bonds is 5. The van der Waals surface area contributed by atoms with Gasteiger partial charge in [-0.1, -0.05) is 38.5 Å². The normalized spacial score (nSPS) is 9.83. The van der Waals surface area contributed by atoms with Gasteiger partial charge in [0.25, 0.3) is 0 Å². The lowest BCUT2D eigenvalue weighted by Gasteiger charge is -2.13. The summed E-state index contributed by atoms with van der Waals surface area (Å²) in [5.74, 6) is 7.73. The van der Waals surface area contributed by atoms with Crippen molar-refractivity contribution in [1.29, 1.82) is 5.26 Å². The maximum absolute atomic E-state index is 8.77. The maximum Gasteiger partial charge on any atom is 0.119 e. The summed E-state index contributed by atoms with van der Waals surface area (Å²) >= 11 is 0. The van der Waals surface area contributed by atoms with Crippen LogP contribution in [0.25, 0.3) is 0 Å². The molecule has 116 valence electrons. The van der Waals surface area contributed by atoms with E-state index in [1.54, 1.807) is 12.1 Å². The van der Waals surface area contributed by atoms with Crippen molar-refractivity contribution in [2.24, 2.45) is 5.92 Å². The molecule has 0 aliphatic rings. The molecule has 2 nitrogen and oxygen atoms in total. The highest BCUT2D eigenvalue weighted by molar-refractivity contribution is 5.45. The van der Waals surface area contributed by atoms with Gasteiger partial charge in [-0.15, -0.1) is 0 Å². The third kappa shape index (κ3) is 5.20. The Morgan fingerprint density at radius 2 is 1.30 bits per heavy atom. The minimum Gasteiger partial charge on any atom is -0.493 e. The Labute approximate surface area is 138 Å². The first-order valence-electron chi connectivity index (χ1n) is 8.00. The molecule has 0 aliphatic carbocycles. The van der Waals surface area contributed by atoms with Gasteiger partial charge in [-0.2, -0.15) is 5.26 Å². The molecule has 0 amide bonds. The van der Waals surface area contributed by atoms with Crippen molar-refractivity contribution in [2.45, 2.75) is 26.7 Å². The van der Waals surface area contributed by atoms with Gasteiger partial charge < -0.3 is 4.74 Å². The highest BCUT2D eigenvalue weighted by Crippen LogP contribution is 2.15. The predicted molar refractivity (Wildman–Crippen MR) is 93.1 cm³/mol. The smallest absolute Gasteiger partial charge is 0.119 e.